The van der Waals surface area contributed by atoms with Crippen LogP contribution in [-0.4, -0.2) is 35.4 Å². The summed E-state index contributed by atoms with van der Waals surface area (Å²) in [6.07, 6.45) is 6.09. The lowest BCUT2D eigenvalue weighted by Crippen LogP contribution is -2.32. The predicted octanol–water partition coefficient (Wildman–Crippen LogP) is 1.90. The molecule has 1 N–H and O–H groups in total. The van der Waals surface area contributed by atoms with Crippen LogP contribution in [0.15, 0.2) is 24.4 Å². The molecule has 0 aromatic carbocycles. The number of pyridine rings is 1. The first-order valence-electron chi connectivity index (χ1n) is 6.28. The third kappa shape index (κ3) is 4.15. The van der Waals surface area contributed by atoms with Crippen LogP contribution < -0.4 is 5.32 Å². The summed E-state index contributed by atoms with van der Waals surface area (Å²) >= 11 is 0. The molecule has 92 valence electrons. The normalized spacial score (nSPS) is 16.7. The van der Waals surface area contributed by atoms with Crippen molar-refractivity contribution in [2.24, 2.45) is 0 Å². The lowest BCUT2D eigenvalue weighted by Gasteiger charge is -2.25. The van der Waals surface area contributed by atoms with E-state index in [-0.39, 0.29) is 5.91 Å². The van der Waals surface area contributed by atoms with Gasteiger partial charge >= 0.3 is 0 Å². The fourth-order valence-corrected chi connectivity index (χ4v) is 2.08. The Kier molecular flexibility index (Phi) is 4.50. The lowest BCUT2D eigenvalue weighted by molar-refractivity contribution is -0.116. The van der Waals surface area contributed by atoms with Gasteiger partial charge in [0, 0.05) is 19.2 Å². The molecule has 0 saturated carbocycles. The van der Waals surface area contributed by atoms with Gasteiger partial charge in [0.2, 0.25) is 5.91 Å². The molecule has 1 aromatic heterocycles. The van der Waals surface area contributed by atoms with Crippen LogP contribution in [-0.2, 0) is 4.79 Å². The largest absolute Gasteiger partial charge is 0.311 e. The van der Waals surface area contributed by atoms with Crippen LogP contribution in [0.4, 0.5) is 5.82 Å². The number of carbonyl (C=O) groups excluding carboxylic acids is 1. The van der Waals surface area contributed by atoms with E-state index in [4.69, 9.17) is 0 Å². The van der Waals surface area contributed by atoms with Crippen LogP contribution in [0.3, 0.4) is 0 Å². The summed E-state index contributed by atoms with van der Waals surface area (Å²) in [6, 6.07) is 5.51. The fourth-order valence-electron chi connectivity index (χ4n) is 2.08. The number of rotatable bonds is 4. The molecule has 1 saturated heterocycles. The van der Waals surface area contributed by atoms with E-state index in [2.05, 4.69) is 15.2 Å². The van der Waals surface area contributed by atoms with E-state index < -0.39 is 0 Å². The summed E-state index contributed by atoms with van der Waals surface area (Å²) in [5.41, 5.74) is 0. The molecule has 17 heavy (non-hydrogen) atoms. The molecule has 2 rings (SSSR count). The average Bonchev–Trinajstić information content (AvgIpc) is 2.39. The van der Waals surface area contributed by atoms with Gasteiger partial charge in [0.05, 0.1) is 0 Å². The minimum Gasteiger partial charge on any atom is -0.311 e. The SMILES string of the molecule is O=C(CCN1CCCCC1)Nc1ccccn1. The van der Waals surface area contributed by atoms with Gasteiger partial charge in [-0.05, 0) is 38.1 Å². The zero-order chi connectivity index (χ0) is 11.9. The minimum atomic E-state index is 0.0503. The molecule has 0 spiro atoms. The van der Waals surface area contributed by atoms with Gasteiger partial charge in [0.15, 0.2) is 0 Å². The summed E-state index contributed by atoms with van der Waals surface area (Å²) in [5.74, 6) is 0.686. The molecule has 0 unspecified atom stereocenters. The summed E-state index contributed by atoms with van der Waals surface area (Å²) in [4.78, 5) is 18.1. The van der Waals surface area contributed by atoms with Crippen molar-refractivity contribution >= 4 is 11.7 Å². The number of aromatic nitrogens is 1. The fraction of sp³-hybridized carbons (Fsp3) is 0.538. The summed E-state index contributed by atoms with van der Waals surface area (Å²) in [5, 5.41) is 2.80. The number of hydrogen-bond acceptors (Lipinski definition) is 3. The smallest absolute Gasteiger partial charge is 0.226 e. The number of amides is 1. The highest BCUT2D eigenvalue weighted by atomic mass is 16.1. The Balaban J connectivity index is 1.70. The highest BCUT2D eigenvalue weighted by Gasteiger charge is 2.11. The van der Waals surface area contributed by atoms with E-state index in [1.807, 2.05) is 12.1 Å². The zero-order valence-corrected chi connectivity index (χ0v) is 10.1. The second kappa shape index (κ2) is 6.35. The molecule has 4 nitrogen and oxygen atoms in total. The molecule has 4 heteroatoms. The number of carbonyl (C=O) groups is 1. The van der Waals surface area contributed by atoms with E-state index in [9.17, 15) is 4.79 Å². The van der Waals surface area contributed by atoms with Gasteiger partial charge in [-0.3, -0.25) is 4.79 Å². The van der Waals surface area contributed by atoms with Crippen LogP contribution in [0.1, 0.15) is 25.7 Å². The van der Waals surface area contributed by atoms with Gasteiger partial charge in [-0.2, -0.15) is 0 Å². The Morgan fingerprint density at radius 2 is 2.12 bits per heavy atom. The highest BCUT2D eigenvalue weighted by Crippen LogP contribution is 2.09. The van der Waals surface area contributed by atoms with Crippen LogP contribution in [0, 0.1) is 0 Å². The first kappa shape index (κ1) is 12.0. The Morgan fingerprint density at radius 1 is 1.29 bits per heavy atom. The van der Waals surface area contributed by atoms with E-state index in [0.29, 0.717) is 12.2 Å². The van der Waals surface area contributed by atoms with Crippen LogP contribution >= 0.6 is 0 Å². The van der Waals surface area contributed by atoms with Crippen LogP contribution in [0.25, 0.3) is 0 Å². The van der Waals surface area contributed by atoms with Gasteiger partial charge in [0.1, 0.15) is 5.82 Å². The molecular formula is C13H19N3O. The van der Waals surface area contributed by atoms with Crippen LogP contribution in [0.2, 0.25) is 0 Å². The minimum absolute atomic E-state index is 0.0503. The number of anilines is 1. The van der Waals surface area contributed by atoms with Crippen molar-refractivity contribution in [3.8, 4) is 0 Å². The maximum Gasteiger partial charge on any atom is 0.226 e. The van der Waals surface area contributed by atoms with Gasteiger partial charge in [-0.15, -0.1) is 0 Å². The number of likely N-dealkylation sites (tertiary alicyclic amines) is 1. The Bertz CT molecular complexity index is 347. The van der Waals surface area contributed by atoms with E-state index in [1.54, 1.807) is 12.3 Å². The Morgan fingerprint density at radius 3 is 2.82 bits per heavy atom. The average molecular weight is 233 g/mol. The van der Waals surface area contributed by atoms with Crippen molar-refractivity contribution in [1.82, 2.24) is 9.88 Å². The summed E-state index contributed by atoms with van der Waals surface area (Å²) in [6.45, 7) is 3.13. The van der Waals surface area contributed by atoms with Gasteiger partial charge in [-0.25, -0.2) is 4.98 Å². The van der Waals surface area contributed by atoms with E-state index >= 15 is 0 Å². The monoisotopic (exact) mass is 233 g/mol. The predicted molar refractivity (Wildman–Crippen MR) is 67.8 cm³/mol. The molecule has 0 atom stereocenters. The Hall–Kier alpha value is -1.42. The first-order valence-corrected chi connectivity index (χ1v) is 6.28. The quantitative estimate of drug-likeness (QED) is 0.864. The van der Waals surface area contributed by atoms with Crippen molar-refractivity contribution in [3.63, 3.8) is 0 Å². The molecule has 2 heterocycles. The molecule has 1 aliphatic rings. The van der Waals surface area contributed by atoms with Crippen molar-refractivity contribution in [2.75, 3.05) is 25.0 Å². The topological polar surface area (TPSA) is 45.2 Å². The summed E-state index contributed by atoms with van der Waals surface area (Å²) < 4.78 is 0. The first-order chi connectivity index (χ1) is 8.34. The summed E-state index contributed by atoms with van der Waals surface area (Å²) in [7, 11) is 0. The van der Waals surface area contributed by atoms with E-state index in [1.165, 1.54) is 19.3 Å². The molecular weight excluding hydrogens is 214 g/mol. The second-order valence-corrected chi connectivity index (χ2v) is 4.42. The molecule has 1 fully saturated rings. The third-order valence-corrected chi connectivity index (χ3v) is 3.04. The number of piperidine rings is 1. The maximum absolute atomic E-state index is 11.7. The Labute approximate surface area is 102 Å². The second-order valence-electron chi connectivity index (χ2n) is 4.42. The number of hydrogen-bond donors (Lipinski definition) is 1. The zero-order valence-electron chi connectivity index (χ0n) is 10.1. The highest BCUT2D eigenvalue weighted by molar-refractivity contribution is 5.89. The molecule has 0 radical (unpaired) electrons. The molecule has 1 aliphatic heterocycles. The molecule has 1 aromatic rings. The maximum atomic E-state index is 11.7. The van der Waals surface area contributed by atoms with Gasteiger partial charge < -0.3 is 10.2 Å². The van der Waals surface area contributed by atoms with Crippen molar-refractivity contribution in [3.05, 3.63) is 24.4 Å². The molecule has 0 bridgehead atoms. The van der Waals surface area contributed by atoms with Crippen molar-refractivity contribution in [2.45, 2.75) is 25.7 Å². The van der Waals surface area contributed by atoms with Gasteiger partial charge in [0.25, 0.3) is 0 Å². The van der Waals surface area contributed by atoms with Crippen LogP contribution in [0.5, 0.6) is 0 Å². The lowest BCUT2D eigenvalue weighted by atomic mass is 10.1. The van der Waals surface area contributed by atoms with E-state index in [0.717, 1.165) is 19.6 Å². The molecule has 1 amide bonds. The third-order valence-electron chi connectivity index (χ3n) is 3.04. The van der Waals surface area contributed by atoms with Gasteiger partial charge in [-0.1, -0.05) is 12.5 Å². The number of nitrogens with one attached hydrogen (secondary N) is 1. The molecule has 0 aliphatic carbocycles. The standard InChI is InChI=1S/C13H19N3O/c17-13(15-12-6-2-3-8-14-12)7-11-16-9-4-1-5-10-16/h2-3,6,8H,1,4-5,7,9-11H2,(H,14,15,17). The number of nitrogens with zero attached hydrogens (tertiary/aromatic N) is 2. The van der Waals surface area contributed by atoms with Crippen molar-refractivity contribution < 1.29 is 4.79 Å². The van der Waals surface area contributed by atoms with Crippen molar-refractivity contribution in [1.29, 1.82) is 0 Å².